The zero-order valence-electron chi connectivity index (χ0n) is 17.9. The summed E-state index contributed by atoms with van der Waals surface area (Å²) in [5, 5.41) is 13.2. The minimum Gasteiger partial charge on any atom is -0.347 e. The number of hydrogen-bond acceptors (Lipinski definition) is 7. The first-order valence-electron chi connectivity index (χ1n) is 10.1. The van der Waals surface area contributed by atoms with Crippen molar-refractivity contribution in [3.05, 3.63) is 35.5 Å². The van der Waals surface area contributed by atoms with Gasteiger partial charge in [0, 0.05) is 42.5 Å². The van der Waals surface area contributed by atoms with Crippen LogP contribution in [0.2, 0.25) is 0 Å². The molecule has 9 heteroatoms. The second-order valence-corrected chi connectivity index (χ2v) is 10.4. The van der Waals surface area contributed by atoms with Gasteiger partial charge in [-0.25, -0.2) is 14.2 Å². The van der Waals surface area contributed by atoms with Crippen LogP contribution >= 0.6 is 11.3 Å². The molecule has 6 nitrogen and oxygen atoms in total. The molecule has 162 valence electrons. The first-order chi connectivity index (χ1) is 14.1. The average Bonchev–Trinajstić information content (AvgIpc) is 3.32. The highest BCUT2D eigenvalue weighted by atomic mass is 32.1. The van der Waals surface area contributed by atoms with Gasteiger partial charge in [0.2, 0.25) is 5.13 Å². The van der Waals surface area contributed by atoms with Crippen molar-refractivity contribution >= 4 is 22.0 Å². The molecule has 2 aromatic rings. The van der Waals surface area contributed by atoms with E-state index in [0.29, 0.717) is 22.3 Å². The van der Waals surface area contributed by atoms with Crippen LogP contribution in [0.4, 0.5) is 13.9 Å². The van der Waals surface area contributed by atoms with Crippen molar-refractivity contribution in [1.82, 2.24) is 26.4 Å². The minimum atomic E-state index is -0.894. The summed E-state index contributed by atoms with van der Waals surface area (Å²) in [7, 11) is 2.00. The van der Waals surface area contributed by atoms with Crippen LogP contribution in [0, 0.1) is 11.6 Å². The highest BCUT2D eigenvalue weighted by Crippen LogP contribution is 2.37. The van der Waals surface area contributed by atoms with Gasteiger partial charge in [0.25, 0.3) is 0 Å². The van der Waals surface area contributed by atoms with Crippen LogP contribution in [-0.4, -0.2) is 40.9 Å². The SMILES string of the molecule is CN(c1nnc(-c2ccc(C3=CNNC3)c(F)c2F)s1)C1CC(C)(C)NC(C)(C)C1. The molecule has 0 saturated carbocycles. The molecule has 2 aliphatic rings. The Bertz CT molecular complexity index is 968. The van der Waals surface area contributed by atoms with Crippen molar-refractivity contribution in [3.8, 4) is 10.6 Å². The second kappa shape index (κ2) is 7.55. The summed E-state index contributed by atoms with van der Waals surface area (Å²) in [5.41, 5.74) is 6.70. The molecule has 0 spiro atoms. The number of hydrazine groups is 1. The van der Waals surface area contributed by atoms with Crippen LogP contribution in [0.15, 0.2) is 18.3 Å². The number of halogens is 2. The lowest BCUT2D eigenvalue weighted by Crippen LogP contribution is -2.61. The number of hydrogen-bond donors (Lipinski definition) is 3. The monoisotopic (exact) mass is 434 g/mol. The first-order valence-corrected chi connectivity index (χ1v) is 10.9. The highest BCUT2D eigenvalue weighted by molar-refractivity contribution is 7.18. The fourth-order valence-corrected chi connectivity index (χ4v) is 5.53. The van der Waals surface area contributed by atoms with Crippen LogP contribution < -0.4 is 21.1 Å². The van der Waals surface area contributed by atoms with Gasteiger partial charge < -0.3 is 15.6 Å². The Morgan fingerprint density at radius 1 is 1.03 bits per heavy atom. The number of nitrogens with one attached hydrogen (secondary N) is 3. The van der Waals surface area contributed by atoms with Gasteiger partial charge in [-0.1, -0.05) is 17.4 Å². The maximum absolute atomic E-state index is 14.8. The van der Waals surface area contributed by atoms with Crippen LogP contribution in [0.25, 0.3) is 16.1 Å². The van der Waals surface area contributed by atoms with Crippen molar-refractivity contribution in [2.24, 2.45) is 0 Å². The predicted octanol–water partition coefficient (Wildman–Crippen LogP) is 3.68. The number of anilines is 1. The van der Waals surface area contributed by atoms with Gasteiger partial charge in [-0.3, -0.25) is 0 Å². The van der Waals surface area contributed by atoms with Gasteiger partial charge in [0.05, 0.1) is 5.56 Å². The maximum atomic E-state index is 14.8. The molecule has 2 aliphatic heterocycles. The molecule has 1 fully saturated rings. The number of rotatable bonds is 4. The maximum Gasteiger partial charge on any atom is 0.208 e. The van der Waals surface area contributed by atoms with Gasteiger partial charge in [-0.15, -0.1) is 10.2 Å². The second-order valence-electron chi connectivity index (χ2n) is 9.41. The van der Waals surface area contributed by atoms with Gasteiger partial charge in [-0.2, -0.15) is 0 Å². The number of nitrogens with zero attached hydrogens (tertiary/aromatic N) is 3. The molecule has 4 rings (SSSR count). The summed E-state index contributed by atoms with van der Waals surface area (Å²) in [4.78, 5) is 2.12. The molecular formula is C21H28F2N6S. The van der Waals surface area contributed by atoms with Gasteiger partial charge >= 0.3 is 0 Å². The molecule has 0 atom stereocenters. The van der Waals surface area contributed by atoms with Crippen molar-refractivity contribution in [2.45, 2.75) is 57.7 Å². The molecule has 0 bridgehead atoms. The van der Waals surface area contributed by atoms with Crippen LogP contribution in [0.5, 0.6) is 0 Å². The van der Waals surface area contributed by atoms with Crippen molar-refractivity contribution in [3.63, 3.8) is 0 Å². The first kappa shape index (κ1) is 21.1. The van der Waals surface area contributed by atoms with E-state index in [1.54, 1.807) is 18.3 Å². The molecule has 0 amide bonds. The summed E-state index contributed by atoms with van der Waals surface area (Å²) in [5.74, 6) is -1.76. The average molecular weight is 435 g/mol. The van der Waals surface area contributed by atoms with Crippen molar-refractivity contribution < 1.29 is 8.78 Å². The normalized spacial score (nSPS) is 20.7. The number of piperidine rings is 1. The fraction of sp³-hybridized carbons (Fsp3) is 0.524. The molecule has 0 radical (unpaired) electrons. The topological polar surface area (TPSA) is 65.1 Å². The summed E-state index contributed by atoms with van der Waals surface area (Å²) < 4.78 is 29.5. The zero-order valence-corrected chi connectivity index (χ0v) is 18.8. The third kappa shape index (κ3) is 4.06. The standard InChI is InChI=1S/C21H28F2N6S/c1-20(2)8-13(9-21(3,4)28-20)29(5)19-27-26-18(30-19)15-7-6-14(16(22)17(15)23)12-10-24-25-11-12/h6-7,10,13,24-25,28H,8-9,11H2,1-5H3. The lowest BCUT2D eigenvalue weighted by molar-refractivity contribution is 0.161. The summed E-state index contributed by atoms with van der Waals surface area (Å²) in [6.07, 6.45) is 3.55. The predicted molar refractivity (Wildman–Crippen MR) is 117 cm³/mol. The van der Waals surface area contributed by atoms with Crippen molar-refractivity contribution in [1.29, 1.82) is 0 Å². The summed E-state index contributed by atoms with van der Waals surface area (Å²) in [6, 6.07) is 3.44. The Labute approximate surface area is 179 Å². The Hall–Kier alpha value is -2.10. The van der Waals surface area contributed by atoms with E-state index in [-0.39, 0.29) is 28.2 Å². The van der Waals surface area contributed by atoms with E-state index in [9.17, 15) is 8.78 Å². The molecule has 3 N–H and O–H groups in total. The van der Waals surface area contributed by atoms with E-state index in [0.717, 1.165) is 12.8 Å². The molecule has 3 heterocycles. The largest absolute Gasteiger partial charge is 0.347 e. The van der Waals surface area contributed by atoms with E-state index >= 15 is 0 Å². The Kier molecular flexibility index (Phi) is 5.32. The smallest absolute Gasteiger partial charge is 0.208 e. The molecule has 0 aliphatic carbocycles. The lowest BCUT2D eigenvalue weighted by atomic mass is 9.79. The zero-order chi connectivity index (χ0) is 21.7. The molecule has 0 unspecified atom stereocenters. The van der Waals surface area contributed by atoms with E-state index in [4.69, 9.17) is 0 Å². The van der Waals surface area contributed by atoms with E-state index in [1.807, 2.05) is 7.05 Å². The number of aromatic nitrogens is 2. The Morgan fingerprint density at radius 2 is 1.67 bits per heavy atom. The third-order valence-corrected chi connectivity index (χ3v) is 6.77. The van der Waals surface area contributed by atoms with Crippen LogP contribution in [0.3, 0.4) is 0 Å². The van der Waals surface area contributed by atoms with Gasteiger partial charge in [0.15, 0.2) is 16.6 Å². The summed E-state index contributed by atoms with van der Waals surface area (Å²) in [6.45, 7) is 9.23. The molecule has 30 heavy (non-hydrogen) atoms. The third-order valence-electron chi connectivity index (χ3n) is 5.72. The quantitative estimate of drug-likeness (QED) is 0.682. The highest BCUT2D eigenvalue weighted by Gasteiger charge is 2.39. The Morgan fingerprint density at radius 3 is 2.30 bits per heavy atom. The lowest BCUT2D eigenvalue weighted by Gasteiger charge is -2.48. The van der Waals surface area contributed by atoms with E-state index in [2.05, 4.69) is 59.0 Å². The van der Waals surface area contributed by atoms with Crippen LogP contribution in [-0.2, 0) is 0 Å². The molecule has 1 aromatic carbocycles. The fourth-order valence-electron chi connectivity index (χ4n) is 4.64. The number of benzene rings is 1. The van der Waals surface area contributed by atoms with Crippen LogP contribution in [0.1, 0.15) is 46.1 Å². The molecule has 1 saturated heterocycles. The molecule has 1 aromatic heterocycles. The molecular weight excluding hydrogens is 406 g/mol. The summed E-state index contributed by atoms with van der Waals surface area (Å²) >= 11 is 1.29. The van der Waals surface area contributed by atoms with Crippen molar-refractivity contribution in [2.75, 3.05) is 18.5 Å². The minimum absolute atomic E-state index is 0.00208. The Balaban J connectivity index is 1.59. The van der Waals surface area contributed by atoms with Gasteiger partial charge in [-0.05, 0) is 52.2 Å². The van der Waals surface area contributed by atoms with E-state index in [1.165, 1.54) is 11.3 Å². The van der Waals surface area contributed by atoms with E-state index < -0.39 is 11.6 Å². The van der Waals surface area contributed by atoms with Gasteiger partial charge in [0.1, 0.15) is 0 Å².